The van der Waals surface area contributed by atoms with Gasteiger partial charge in [0.1, 0.15) is 24.1 Å². The van der Waals surface area contributed by atoms with Crippen LogP contribution in [-0.4, -0.2) is 29.2 Å². The van der Waals surface area contributed by atoms with E-state index >= 15 is 0 Å². The summed E-state index contributed by atoms with van der Waals surface area (Å²) >= 11 is 5.89. The van der Waals surface area contributed by atoms with E-state index in [0.29, 0.717) is 28.5 Å². The van der Waals surface area contributed by atoms with Gasteiger partial charge in [0, 0.05) is 23.2 Å². The molecule has 0 bridgehead atoms. The second-order valence-electron chi connectivity index (χ2n) is 7.16. The molecule has 1 saturated carbocycles. The monoisotopic (exact) mass is 416 g/mol. The van der Waals surface area contributed by atoms with E-state index in [1.807, 2.05) is 12.1 Å². The van der Waals surface area contributed by atoms with Crippen molar-refractivity contribution < 1.29 is 13.9 Å². The molecule has 2 atom stereocenters. The number of halogens is 2. The molecule has 1 aromatic heterocycles. The second kappa shape index (κ2) is 8.39. The molecule has 1 heterocycles. The highest BCUT2D eigenvalue weighted by atomic mass is 35.5. The number of hydrogen-bond donors (Lipinski definition) is 2. The number of fused-ring (bicyclic) bond motifs is 1. The normalized spacial score (nSPS) is 19.2. The maximum absolute atomic E-state index is 13.5. The molecule has 0 spiro atoms. The van der Waals surface area contributed by atoms with Crippen molar-refractivity contribution in [3.05, 3.63) is 47.5 Å². The number of anilines is 2. The molecular weight excluding hydrogens is 395 g/mol. The summed E-state index contributed by atoms with van der Waals surface area (Å²) in [5.74, 6) is 1.31. The zero-order chi connectivity index (χ0) is 20.4. The van der Waals surface area contributed by atoms with Gasteiger partial charge in [0.05, 0.1) is 17.6 Å². The minimum Gasteiger partial charge on any atom is -0.493 e. The average Bonchev–Trinajstić information content (AvgIpc) is 2.71. The van der Waals surface area contributed by atoms with E-state index in [1.165, 1.54) is 18.5 Å². The largest absolute Gasteiger partial charge is 0.493 e. The van der Waals surface area contributed by atoms with Crippen molar-refractivity contribution in [2.45, 2.75) is 37.8 Å². The van der Waals surface area contributed by atoms with Gasteiger partial charge in [0.2, 0.25) is 0 Å². The number of nitrogens with zero attached hydrogens (tertiary/aromatic N) is 2. The molecule has 4 rings (SSSR count). The lowest BCUT2D eigenvalue weighted by Gasteiger charge is -2.28. The summed E-state index contributed by atoms with van der Waals surface area (Å²) in [7, 11) is 1.60. The molecule has 1 fully saturated rings. The van der Waals surface area contributed by atoms with Gasteiger partial charge in [-0.1, -0.05) is 11.6 Å². The number of benzene rings is 2. The molecule has 2 unspecified atom stereocenters. The van der Waals surface area contributed by atoms with Gasteiger partial charge in [-0.25, -0.2) is 14.4 Å². The van der Waals surface area contributed by atoms with Crippen LogP contribution in [0, 0.1) is 5.82 Å². The van der Waals surface area contributed by atoms with Gasteiger partial charge in [-0.15, -0.1) is 0 Å². The van der Waals surface area contributed by atoms with E-state index in [4.69, 9.17) is 26.8 Å². The van der Waals surface area contributed by atoms with Gasteiger partial charge in [-0.05, 0) is 49.9 Å². The van der Waals surface area contributed by atoms with Crippen molar-refractivity contribution in [2.24, 2.45) is 5.73 Å². The summed E-state index contributed by atoms with van der Waals surface area (Å²) in [6.45, 7) is 0. The molecule has 1 aliphatic rings. The van der Waals surface area contributed by atoms with E-state index in [9.17, 15) is 4.39 Å². The first-order valence-corrected chi connectivity index (χ1v) is 9.88. The van der Waals surface area contributed by atoms with Gasteiger partial charge in [0.15, 0.2) is 11.5 Å². The Morgan fingerprint density at radius 2 is 2.03 bits per heavy atom. The number of rotatable bonds is 5. The van der Waals surface area contributed by atoms with E-state index in [1.54, 1.807) is 13.2 Å². The number of ether oxygens (including phenoxy) is 2. The lowest BCUT2D eigenvalue weighted by molar-refractivity contribution is 0.140. The molecular formula is C21H22ClFN4O2. The molecule has 1 aliphatic carbocycles. The molecule has 2 aromatic carbocycles. The Hall–Kier alpha value is -2.64. The van der Waals surface area contributed by atoms with Crippen LogP contribution in [0.25, 0.3) is 10.9 Å². The van der Waals surface area contributed by atoms with Crippen LogP contribution in [0.2, 0.25) is 5.02 Å². The highest BCUT2D eigenvalue weighted by molar-refractivity contribution is 6.31. The lowest BCUT2D eigenvalue weighted by Crippen LogP contribution is -2.33. The summed E-state index contributed by atoms with van der Waals surface area (Å²) < 4.78 is 25.2. The molecule has 29 heavy (non-hydrogen) atoms. The summed E-state index contributed by atoms with van der Waals surface area (Å²) in [5, 5.41) is 3.96. The molecule has 0 aliphatic heterocycles. The fourth-order valence-electron chi connectivity index (χ4n) is 3.59. The fourth-order valence-corrected chi connectivity index (χ4v) is 3.77. The third kappa shape index (κ3) is 4.36. The van der Waals surface area contributed by atoms with Crippen LogP contribution in [-0.2, 0) is 0 Å². The van der Waals surface area contributed by atoms with Crippen molar-refractivity contribution >= 4 is 34.0 Å². The SMILES string of the molecule is COc1cc2ncnc(Nc3ccc(F)c(Cl)c3)c2cc1OC1CCCC(N)C1. The Labute approximate surface area is 173 Å². The third-order valence-electron chi connectivity index (χ3n) is 5.06. The maximum Gasteiger partial charge on any atom is 0.162 e. The van der Waals surface area contributed by atoms with Gasteiger partial charge in [-0.2, -0.15) is 0 Å². The van der Waals surface area contributed by atoms with Crippen molar-refractivity contribution in [1.82, 2.24) is 9.97 Å². The maximum atomic E-state index is 13.5. The summed E-state index contributed by atoms with van der Waals surface area (Å²) in [6.07, 6.45) is 5.34. The van der Waals surface area contributed by atoms with E-state index in [0.717, 1.165) is 31.1 Å². The molecule has 0 radical (unpaired) electrons. The van der Waals surface area contributed by atoms with Crippen molar-refractivity contribution in [2.75, 3.05) is 12.4 Å². The Morgan fingerprint density at radius 3 is 2.79 bits per heavy atom. The molecule has 8 heteroatoms. The first kappa shape index (κ1) is 19.7. The average molecular weight is 417 g/mol. The van der Waals surface area contributed by atoms with Crippen molar-refractivity contribution in [3.63, 3.8) is 0 Å². The summed E-state index contributed by atoms with van der Waals surface area (Å²) in [4.78, 5) is 8.67. The van der Waals surface area contributed by atoms with Crippen molar-refractivity contribution in [3.8, 4) is 11.5 Å². The Kier molecular flexibility index (Phi) is 5.69. The molecule has 152 valence electrons. The van der Waals surface area contributed by atoms with Crippen LogP contribution in [0.5, 0.6) is 11.5 Å². The minimum absolute atomic E-state index is 0.0349. The van der Waals surface area contributed by atoms with Crippen LogP contribution in [0.15, 0.2) is 36.7 Å². The molecule has 6 nitrogen and oxygen atoms in total. The van der Waals surface area contributed by atoms with Crippen LogP contribution in [0.3, 0.4) is 0 Å². The molecule has 0 amide bonds. The Balaban J connectivity index is 1.69. The number of aromatic nitrogens is 2. The fraction of sp³-hybridized carbons (Fsp3) is 0.333. The van der Waals surface area contributed by atoms with Gasteiger partial charge >= 0.3 is 0 Å². The highest BCUT2D eigenvalue weighted by Gasteiger charge is 2.22. The Morgan fingerprint density at radius 1 is 1.17 bits per heavy atom. The summed E-state index contributed by atoms with van der Waals surface area (Å²) in [6, 6.07) is 8.25. The molecule has 3 aromatic rings. The lowest BCUT2D eigenvalue weighted by atomic mass is 9.93. The molecule has 0 saturated heterocycles. The Bertz CT molecular complexity index is 1030. The number of hydrogen-bond acceptors (Lipinski definition) is 6. The second-order valence-corrected chi connectivity index (χ2v) is 7.57. The predicted molar refractivity (Wildman–Crippen MR) is 112 cm³/mol. The van der Waals surface area contributed by atoms with Gasteiger partial charge in [0.25, 0.3) is 0 Å². The van der Waals surface area contributed by atoms with Crippen LogP contribution in [0.4, 0.5) is 15.9 Å². The smallest absolute Gasteiger partial charge is 0.162 e. The minimum atomic E-state index is -0.476. The zero-order valence-corrected chi connectivity index (χ0v) is 16.7. The highest BCUT2D eigenvalue weighted by Crippen LogP contribution is 2.37. The van der Waals surface area contributed by atoms with E-state index in [-0.39, 0.29) is 17.2 Å². The first-order chi connectivity index (χ1) is 14.0. The quantitative estimate of drug-likeness (QED) is 0.620. The third-order valence-corrected chi connectivity index (χ3v) is 5.35. The van der Waals surface area contributed by atoms with Crippen LogP contribution < -0.4 is 20.5 Å². The topological polar surface area (TPSA) is 82.3 Å². The van der Waals surface area contributed by atoms with E-state index < -0.39 is 5.82 Å². The van der Waals surface area contributed by atoms with Gasteiger partial charge < -0.3 is 20.5 Å². The number of nitrogens with one attached hydrogen (secondary N) is 1. The van der Waals surface area contributed by atoms with Gasteiger partial charge in [-0.3, -0.25) is 0 Å². The molecule has 3 N–H and O–H groups in total. The van der Waals surface area contributed by atoms with Crippen molar-refractivity contribution in [1.29, 1.82) is 0 Å². The number of methoxy groups -OCH3 is 1. The summed E-state index contributed by atoms with van der Waals surface area (Å²) in [5.41, 5.74) is 7.41. The van der Waals surface area contributed by atoms with E-state index in [2.05, 4.69) is 15.3 Å². The first-order valence-electron chi connectivity index (χ1n) is 9.50. The van der Waals surface area contributed by atoms with Crippen LogP contribution >= 0.6 is 11.6 Å². The predicted octanol–water partition coefficient (Wildman–Crippen LogP) is 4.82. The van der Waals surface area contributed by atoms with Crippen LogP contribution in [0.1, 0.15) is 25.7 Å². The standard InChI is InChI=1S/C21H22ClFN4O2/c1-28-19-10-18-15(9-20(19)29-14-4-2-3-12(24)7-14)21(26-11-25-18)27-13-5-6-17(23)16(22)8-13/h5-6,8-12,14H,2-4,7,24H2,1H3,(H,25,26,27). The zero-order valence-electron chi connectivity index (χ0n) is 16.0. The number of nitrogens with two attached hydrogens (primary N) is 1.